The van der Waals surface area contributed by atoms with E-state index < -0.39 is 5.82 Å². The summed E-state index contributed by atoms with van der Waals surface area (Å²) < 4.78 is 21.4. The van der Waals surface area contributed by atoms with Gasteiger partial charge >= 0.3 is 0 Å². The maximum Gasteiger partial charge on any atom is 0.148 e. The minimum Gasteiger partial charge on any atom is -0.487 e. The van der Waals surface area contributed by atoms with Crippen LogP contribution in [0.2, 0.25) is 0 Å². The summed E-state index contributed by atoms with van der Waals surface area (Å²) in [4.78, 5) is 0. The summed E-state index contributed by atoms with van der Waals surface area (Å²) in [6, 6.07) is 21.8. The number of hydrogen-bond acceptors (Lipinski definition) is 2. The number of rotatable bonds is 5. The first-order valence-corrected chi connectivity index (χ1v) is 9.69. The molecule has 0 bridgehead atoms. The Morgan fingerprint density at radius 1 is 1.00 bits per heavy atom. The zero-order valence-corrected chi connectivity index (χ0v) is 17.3. The van der Waals surface area contributed by atoms with E-state index >= 15 is 0 Å². The number of nitrogens with zero attached hydrogens (tertiary/aromatic N) is 1. The molecule has 0 unspecified atom stereocenters. The molecule has 0 aromatic heterocycles. The van der Waals surface area contributed by atoms with Crippen LogP contribution in [0.3, 0.4) is 0 Å². The van der Waals surface area contributed by atoms with Gasteiger partial charge in [0.25, 0.3) is 0 Å². The van der Waals surface area contributed by atoms with Crippen LogP contribution in [-0.2, 0) is 6.61 Å². The average molecular weight is 487 g/mol. The van der Waals surface area contributed by atoms with Crippen molar-refractivity contribution in [3.63, 3.8) is 0 Å². The largest absolute Gasteiger partial charge is 0.487 e. The van der Waals surface area contributed by atoms with Gasteiger partial charge in [0.1, 0.15) is 18.2 Å². The van der Waals surface area contributed by atoms with E-state index in [0.717, 1.165) is 20.1 Å². The van der Waals surface area contributed by atoms with Gasteiger partial charge in [0.15, 0.2) is 0 Å². The maximum absolute atomic E-state index is 14.0. The van der Waals surface area contributed by atoms with Crippen LogP contribution >= 0.6 is 31.9 Å². The summed E-state index contributed by atoms with van der Waals surface area (Å²) in [5.41, 5.74) is 2.34. The van der Waals surface area contributed by atoms with Gasteiger partial charge in [0.2, 0.25) is 0 Å². The Bertz CT molecular complexity index is 1000. The summed E-state index contributed by atoms with van der Waals surface area (Å²) in [7, 11) is 0. The highest BCUT2D eigenvalue weighted by Gasteiger charge is 2.11. The van der Waals surface area contributed by atoms with Gasteiger partial charge in [0, 0.05) is 5.56 Å². The molecule has 0 heterocycles. The Kier molecular flexibility index (Phi) is 6.44. The van der Waals surface area contributed by atoms with E-state index in [9.17, 15) is 9.65 Å². The molecule has 0 atom stereocenters. The Labute approximate surface area is 174 Å². The lowest BCUT2D eigenvalue weighted by molar-refractivity contribution is 0.302. The van der Waals surface area contributed by atoms with E-state index in [1.807, 2.05) is 42.5 Å². The molecule has 2 nitrogen and oxygen atoms in total. The lowest BCUT2D eigenvalue weighted by atomic mass is 10.0. The molecular formula is C22H14Br2FNO. The van der Waals surface area contributed by atoms with Crippen molar-refractivity contribution in [1.29, 1.82) is 5.26 Å². The second kappa shape index (κ2) is 8.98. The van der Waals surface area contributed by atoms with Crippen LogP contribution in [-0.4, -0.2) is 0 Å². The molecule has 0 aliphatic rings. The zero-order valence-electron chi connectivity index (χ0n) is 14.1. The molecule has 134 valence electrons. The summed E-state index contributed by atoms with van der Waals surface area (Å²) in [6.45, 7) is 0.436. The molecule has 0 aliphatic heterocycles. The Morgan fingerprint density at radius 3 is 2.26 bits per heavy atom. The first-order valence-electron chi connectivity index (χ1n) is 8.11. The van der Waals surface area contributed by atoms with Gasteiger partial charge in [-0.2, -0.15) is 5.26 Å². The van der Waals surface area contributed by atoms with E-state index in [1.165, 1.54) is 6.07 Å². The topological polar surface area (TPSA) is 33.0 Å². The molecule has 3 aromatic rings. The van der Waals surface area contributed by atoms with Crippen molar-refractivity contribution >= 4 is 43.5 Å². The van der Waals surface area contributed by atoms with Gasteiger partial charge in [-0.3, -0.25) is 0 Å². The molecule has 0 amide bonds. The third-order valence-corrected chi connectivity index (χ3v) is 5.02. The molecule has 3 aromatic carbocycles. The van der Waals surface area contributed by atoms with E-state index in [0.29, 0.717) is 12.4 Å². The number of halogens is 3. The van der Waals surface area contributed by atoms with Crippen LogP contribution < -0.4 is 4.74 Å². The zero-order chi connectivity index (χ0) is 19.2. The fraction of sp³-hybridized carbons (Fsp3) is 0.0455. The summed E-state index contributed by atoms with van der Waals surface area (Å²) in [5, 5.41) is 9.44. The van der Waals surface area contributed by atoms with Crippen molar-refractivity contribution in [2.24, 2.45) is 0 Å². The van der Waals surface area contributed by atoms with Crippen LogP contribution in [0.25, 0.3) is 11.6 Å². The van der Waals surface area contributed by atoms with Gasteiger partial charge in [-0.05, 0) is 67.3 Å². The van der Waals surface area contributed by atoms with Gasteiger partial charge < -0.3 is 4.74 Å². The molecule has 5 heteroatoms. The van der Waals surface area contributed by atoms with Gasteiger partial charge in [-0.25, -0.2) is 4.39 Å². The molecule has 0 saturated carbocycles. The second-order valence-corrected chi connectivity index (χ2v) is 7.45. The standard InChI is InChI=1S/C22H14Br2FNO/c23-19-11-16(10-17(13-26)18-8-4-5-9-21(18)25)12-20(24)22(19)27-14-15-6-2-1-3-7-15/h1-12H,14H2. The molecule has 0 fully saturated rings. The fourth-order valence-electron chi connectivity index (χ4n) is 2.55. The van der Waals surface area contributed by atoms with Crippen molar-refractivity contribution in [2.75, 3.05) is 0 Å². The fourth-order valence-corrected chi connectivity index (χ4v) is 4.00. The van der Waals surface area contributed by atoms with Crippen molar-refractivity contribution in [1.82, 2.24) is 0 Å². The van der Waals surface area contributed by atoms with Crippen molar-refractivity contribution in [2.45, 2.75) is 6.61 Å². The average Bonchev–Trinajstić information content (AvgIpc) is 2.67. The molecule has 0 spiro atoms. The molecule has 27 heavy (non-hydrogen) atoms. The summed E-state index contributed by atoms with van der Waals surface area (Å²) >= 11 is 7.03. The number of allylic oxidation sites excluding steroid dienone is 1. The van der Waals surface area contributed by atoms with Crippen LogP contribution in [0.15, 0.2) is 75.7 Å². The molecule has 3 rings (SSSR count). The van der Waals surface area contributed by atoms with Crippen molar-refractivity contribution in [3.8, 4) is 11.8 Å². The van der Waals surface area contributed by atoms with Crippen LogP contribution in [0.1, 0.15) is 16.7 Å². The summed E-state index contributed by atoms with van der Waals surface area (Å²) in [6.07, 6.45) is 1.65. The number of nitriles is 1. The van der Waals surface area contributed by atoms with E-state index in [4.69, 9.17) is 4.74 Å². The quantitative estimate of drug-likeness (QED) is 0.287. The number of ether oxygens (including phenoxy) is 1. The van der Waals surface area contributed by atoms with Gasteiger partial charge in [-0.15, -0.1) is 0 Å². The lowest BCUT2D eigenvalue weighted by Gasteiger charge is -2.12. The highest BCUT2D eigenvalue weighted by atomic mass is 79.9. The smallest absolute Gasteiger partial charge is 0.148 e. The van der Waals surface area contributed by atoms with Crippen molar-refractivity contribution < 1.29 is 9.13 Å². The lowest BCUT2D eigenvalue weighted by Crippen LogP contribution is -1.97. The Hall–Kier alpha value is -2.42. The van der Waals surface area contributed by atoms with E-state index in [2.05, 4.69) is 37.9 Å². The molecule has 0 saturated heterocycles. The van der Waals surface area contributed by atoms with Gasteiger partial charge in [0.05, 0.1) is 20.6 Å². The van der Waals surface area contributed by atoms with Gasteiger partial charge in [-0.1, -0.05) is 48.5 Å². The SMILES string of the molecule is N#CC(=Cc1cc(Br)c(OCc2ccccc2)c(Br)c1)c1ccccc1F. The predicted molar refractivity (Wildman–Crippen MR) is 113 cm³/mol. The number of benzene rings is 3. The molecule has 0 N–H and O–H groups in total. The monoisotopic (exact) mass is 485 g/mol. The van der Waals surface area contributed by atoms with Crippen LogP contribution in [0, 0.1) is 17.1 Å². The maximum atomic E-state index is 14.0. The highest BCUT2D eigenvalue weighted by molar-refractivity contribution is 9.11. The van der Waals surface area contributed by atoms with Crippen LogP contribution in [0.4, 0.5) is 4.39 Å². The van der Waals surface area contributed by atoms with E-state index in [-0.39, 0.29) is 11.1 Å². The Morgan fingerprint density at radius 2 is 1.63 bits per heavy atom. The minimum atomic E-state index is -0.425. The highest BCUT2D eigenvalue weighted by Crippen LogP contribution is 2.36. The summed E-state index contributed by atoms with van der Waals surface area (Å²) in [5.74, 6) is 0.242. The predicted octanol–water partition coefficient (Wildman–Crippen LogP) is 6.99. The first kappa shape index (κ1) is 19.3. The third kappa shape index (κ3) is 4.85. The van der Waals surface area contributed by atoms with E-state index in [1.54, 1.807) is 24.3 Å². The normalized spacial score (nSPS) is 11.1. The molecule has 0 radical (unpaired) electrons. The molecule has 0 aliphatic carbocycles. The second-order valence-electron chi connectivity index (χ2n) is 5.74. The van der Waals surface area contributed by atoms with Crippen LogP contribution in [0.5, 0.6) is 5.75 Å². The number of hydrogen-bond donors (Lipinski definition) is 0. The Balaban J connectivity index is 1.88. The third-order valence-electron chi connectivity index (χ3n) is 3.84. The first-order chi connectivity index (χ1) is 13.1. The van der Waals surface area contributed by atoms with Crippen molar-refractivity contribution in [3.05, 3.63) is 98.2 Å². The molecular weight excluding hydrogens is 473 g/mol. The minimum absolute atomic E-state index is 0.254.